The molecular formula is C19H16ClN3O2S. The molecule has 1 aromatic carbocycles. The van der Waals surface area contributed by atoms with Crippen molar-refractivity contribution in [2.24, 2.45) is 0 Å². The molecule has 7 heteroatoms. The minimum atomic E-state index is -0.0351. The van der Waals surface area contributed by atoms with Crippen LogP contribution in [-0.4, -0.2) is 27.0 Å². The summed E-state index contributed by atoms with van der Waals surface area (Å²) in [6.45, 7) is 0.318. The number of thiophene rings is 1. The van der Waals surface area contributed by atoms with Gasteiger partial charge in [0.05, 0.1) is 6.54 Å². The molecule has 5 nitrogen and oxygen atoms in total. The van der Waals surface area contributed by atoms with E-state index in [-0.39, 0.29) is 11.9 Å². The first kappa shape index (κ1) is 17.0. The van der Waals surface area contributed by atoms with Gasteiger partial charge in [0.15, 0.2) is 0 Å². The summed E-state index contributed by atoms with van der Waals surface area (Å²) in [4.78, 5) is 15.4. The Balaban J connectivity index is 1.47. The van der Waals surface area contributed by atoms with Gasteiger partial charge in [0.1, 0.15) is 0 Å². The fourth-order valence-corrected chi connectivity index (χ4v) is 3.32. The van der Waals surface area contributed by atoms with E-state index >= 15 is 0 Å². The van der Waals surface area contributed by atoms with Crippen LogP contribution < -0.4 is 0 Å². The summed E-state index contributed by atoms with van der Waals surface area (Å²) in [6.07, 6.45) is 5.48. The van der Waals surface area contributed by atoms with Crippen LogP contribution in [0, 0.1) is 0 Å². The Morgan fingerprint density at radius 3 is 2.77 bits per heavy atom. The number of halogens is 1. The topological polar surface area (TPSA) is 59.2 Å². The van der Waals surface area contributed by atoms with Crippen LogP contribution in [0.2, 0.25) is 5.02 Å². The summed E-state index contributed by atoms with van der Waals surface area (Å²) < 4.78 is 5.74. The van der Waals surface area contributed by atoms with Crippen LogP contribution in [0.15, 0.2) is 52.3 Å². The number of hydrogen-bond acceptors (Lipinski definition) is 5. The number of nitrogens with zero attached hydrogens (tertiary/aromatic N) is 3. The summed E-state index contributed by atoms with van der Waals surface area (Å²) in [7, 11) is 0. The maximum absolute atomic E-state index is 12.6. The van der Waals surface area contributed by atoms with Gasteiger partial charge in [-0.25, -0.2) is 0 Å². The summed E-state index contributed by atoms with van der Waals surface area (Å²) >= 11 is 7.50. The highest BCUT2D eigenvalue weighted by Crippen LogP contribution is 2.29. The van der Waals surface area contributed by atoms with Crippen LogP contribution in [0.3, 0.4) is 0 Å². The molecule has 1 aliphatic carbocycles. The molecule has 1 aliphatic rings. The third-order valence-corrected chi connectivity index (χ3v) is 5.16. The highest BCUT2D eigenvalue weighted by atomic mass is 35.5. The first-order valence-electron chi connectivity index (χ1n) is 8.29. The molecule has 1 fully saturated rings. The van der Waals surface area contributed by atoms with Crippen molar-refractivity contribution in [2.75, 3.05) is 0 Å². The monoisotopic (exact) mass is 385 g/mol. The van der Waals surface area contributed by atoms with Crippen LogP contribution in [0.5, 0.6) is 0 Å². The van der Waals surface area contributed by atoms with Crippen molar-refractivity contribution >= 4 is 34.9 Å². The molecule has 132 valence electrons. The summed E-state index contributed by atoms with van der Waals surface area (Å²) in [5, 5.41) is 10.8. The van der Waals surface area contributed by atoms with E-state index in [2.05, 4.69) is 10.2 Å². The van der Waals surface area contributed by atoms with Crippen LogP contribution in [0.25, 0.3) is 17.5 Å². The highest BCUT2D eigenvalue weighted by Gasteiger charge is 2.32. The Hall–Kier alpha value is -2.44. The Labute approximate surface area is 159 Å². The van der Waals surface area contributed by atoms with E-state index in [1.54, 1.807) is 34.4 Å². The van der Waals surface area contributed by atoms with Gasteiger partial charge >= 0.3 is 0 Å². The fraction of sp³-hybridized carbons (Fsp3) is 0.211. The molecule has 4 rings (SSSR count). The lowest BCUT2D eigenvalue weighted by Gasteiger charge is -2.18. The zero-order valence-electron chi connectivity index (χ0n) is 13.8. The van der Waals surface area contributed by atoms with E-state index in [0.29, 0.717) is 23.3 Å². The Kier molecular flexibility index (Phi) is 4.86. The molecule has 0 saturated heterocycles. The maximum atomic E-state index is 12.6. The number of carbonyl (C=O) groups excluding carboxylic acids is 1. The average Bonchev–Trinajstić information content (AvgIpc) is 3.16. The molecule has 3 aromatic rings. The largest absolute Gasteiger partial charge is 0.419 e. The van der Waals surface area contributed by atoms with Crippen LogP contribution in [0.1, 0.15) is 23.6 Å². The molecule has 26 heavy (non-hydrogen) atoms. The Morgan fingerprint density at radius 1 is 1.27 bits per heavy atom. The van der Waals surface area contributed by atoms with E-state index in [1.165, 1.54) is 0 Å². The van der Waals surface area contributed by atoms with Crippen LogP contribution in [-0.2, 0) is 11.3 Å². The molecule has 0 spiro atoms. The lowest BCUT2D eigenvalue weighted by Crippen LogP contribution is -2.31. The van der Waals surface area contributed by atoms with Crippen molar-refractivity contribution in [2.45, 2.75) is 25.4 Å². The molecule has 1 saturated carbocycles. The molecule has 0 atom stereocenters. The first-order chi connectivity index (χ1) is 12.7. The molecule has 2 aromatic heterocycles. The van der Waals surface area contributed by atoms with Gasteiger partial charge < -0.3 is 9.32 Å². The SMILES string of the molecule is O=C(C=Cc1cccs1)N(Cc1nnc(-c2ccc(Cl)cc2)o1)C1CC1. The zero-order chi connectivity index (χ0) is 17.9. The van der Waals surface area contributed by atoms with E-state index in [1.807, 2.05) is 35.7 Å². The molecular weight excluding hydrogens is 370 g/mol. The molecule has 0 N–H and O–H groups in total. The van der Waals surface area contributed by atoms with Gasteiger partial charge in [0, 0.05) is 27.6 Å². The van der Waals surface area contributed by atoms with Crippen LogP contribution in [0.4, 0.5) is 0 Å². The van der Waals surface area contributed by atoms with Gasteiger partial charge in [-0.05, 0) is 54.6 Å². The second-order valence-corrected chi connectivity index (χ2v) is 7.47. The highest BCUT2D eigenvalue weighted by molar-refractivity contribution is 7.10. The third kappa shape index (κ3) is 4.03. The number of benzene rings is 1. The number of amides is 1. The summed E-state index contributed by atoms with van der Waals surface area (Å²) in [5.41, 5.74) is 0.801. The van der Waals surface area contributed by atoms with E-state index in [0.717, 1.165) is 23.3 Å². The van der Waals surface area contributed by atoms with Gasteiger partial charge in [-0.15, -0.1) is 21.5 Å². The van der Waals surface area contributed by atoms with Crippen molar-refractivity contribution in [1.82, 2.24) is 15.1 Å². The number of aromatic nitrogens is 2. The quantitative estimate of drug-likeness (QED) is 0.579. The van der Waals surface area contributed by atoms with Gasteiger partial charge in [0.25, 0.3) is 0 Å². The molecule has 0 unspecified atom stereocenters. The average molecular weight is 386 g/mol. The Morgan fingerprint density at radius 2 is 2.08 bits per heavy atom. The summed E-state index contributed by atoms with van der Waals surface area (Å²) in [5.74, 6) is 0.820. The van der Waals surface area contributed by atoms with E-state index in [9.17, 15) is 4.79 Å². The lowest BCUT2D eigenvalue weighted by molar-refractivity contribution is -0.127. The predicted octanol–water partition coefficient (Wildman–Crippen LogP) is 4.66. The van der Waals surface area contributed by atoms with Crippen molar-refractivity contribution in [3.05, 3.63) is 63.6 Å². The molecule has 2 heterocycles. The van der Waals surface area contributed by atoms with Gasteiger partial charge in [0.2, 0.25) is 17.7 Å². The minimum absolute atomic E-state index is 0.0351. The first-order valence-corrected chi connectivity index (χ1v) is 9.55. The standard InChI is InChI=1S/C19H16ClN3O2S/c20-14-5-3-13(4-6-14)19-22-21-17(25-19)12-23(15-7-8-15)18(24)10-9-16-2-1-11-26-16/h1-6,9-11,15H,7-8,12H2. The molecule has 0 aliphatic heterocycles. The second kappa shape index (κ2) is 7.43. The van der Waals surface area contributed by atoms with Crippen LogP contribution >= 0.6 is 22.9 Å². The van der Waals surface area contributed by atoms with Crippen molar-refractivity contribution in [1.29, 1.82) is 0 Å². The van der Waals surface area contributed by atoms with Crippen molar-refractivity contribution in [3.8, 4) is 11.5 Å². The third-order valence-electron chi connectivity index (χ3n) is 4.07. The number of hydrogen-bond donors (Lipinski definition) is 0. The zero-order valence-corrected chi connectivity index (χ0v) is 15.4. The second-order valence-electron chi connectivity index (χ2n) is 6.05. The minimum Gasteiger partial charge on any atom is -0.419 e. The van der Waals surface area contributed by atoms with Crippen molar-refractivity contribution < 1.29 is 9.21 Å². The summed E-state index contributed by atoms with van der Waals surface area (Å²) in [6, 6.07) is 11.4. The molecule has 0 radical (unpaired) electrons. The predicted molar refractivity (Wildman–Crippen MR) is 102 cm³/mol. The van der Waals surface area contributed by atoms with E-state index in [4.69, 9.17) is 16.0 Å². The van der Waals surface area contributed by atoms with E-state index < -0.39 is 0 Å². The van der Waals surface area contributed by atoms with Crippen molar-refractivity contribution in [3.63, 3.8) is 0 Å². The lowest BCUT2D eigenvalue weighted by atomic mass is 10.2. The van der Waals surface area contributed by atoms with Gasteiger partial charge in [-0.2, -0.15) is 0 Å². The van der Waals surface area contributed by atoms with Gasteiger partial charge in [-0.1, -0.05) is 17.7 Å². The van der Waals surface area contributed by atoms with Gasteiger partial charge in [-0.3, -0.25) is 4.79 Å². The number of rotatable bonds is 6. The maximum Gasteiger partial charge on any atom is 0.247 e. The molecule has 0 bridgehead atoms. The Bertz CT molecular complexity index is 915. The normalized spacial score (nSPS) is 14.0. The smallest absolute Gasteiger partial charge is 0.247 e. The number of carbonyl (C=O) groups is 1. The fourth-order valence-electron chi connectivity index (χ4n) is 2.58. The molecule has 1 amide bonds.